The van der Waals surface area contributed by atoms with Crippen molar-refractivity contribution in [1.29, 1.82) is 0 Å². The summed E-state index contributed by atoms with van der Waals surface area (Å²) >= 11 is 0. The molecule has 0 heterocycles. The maximum atomic E-state index is 14.0. The van der Waals surface area contributed by atoms with E-state index in [1.165, 1.54) is 6.92 Å². The molecule has 8 heteroatoms. The monoisotopic (exact) mass is 606 g/mol. The molecule has 2 amide bonds. The summed E-state index contributed by atoms with van der Waals surface area (Å²) < 4.78 is 12.1. The van der Waals surface area contributed by atoms with Crippen molar-refractivity contribution < 1.29 is 29.0 Å². The van der Waals surface area contributed by atoms with E-state index in [0.29, 0.717) is 41.7 Å². The van der Waals surface area contributed by atoms with E-state index in [9.17, 15) is 19.5 Å². The second-order valence-corrected chi connectivity index (χ2v) is 11.6. The molecule has 0 bridgehead atoms. The summed E-state index contributed by atoms with van der Waals surface area (Å²) in [7, 11) is 0. The minimum absolute atomic E-state index is 0.306. The van der Waals surface area contributed by atoms with Crippen molar-refractivity contribution in [1.82, 2.24) is 0 Å². The van der Waals surface area contributed by atoms with Crippen LogP contribution in [-0.4, -0.2) is 34.9 Å². The molecule has 4 aromatic carbocycles. The highest BCUT2D eigenvalue weighted by Gasteiger charge is 2.56. The molecular weight excluding hydrogens is 568 g/mol. The number of aryl methyl sites for hydroxylation is 1. The number of para-hydroxylation sites is 2. The van der Waals surface area contributed by atoms with Crippen molar-refractivity contribution >= 4 is 29.0 Å². The standard InChI is InChI=1S/C37H38N2O6/c1-4-44-31-21-26(19-20-30(31)45-23-25-17-15-24(2)16-18-25)32-33(35(41)38-27-11-7-5-8-12-27)29(40)22-37(3,43)34(32)36(42)39-28-13-9-6-10-14-28/h5-21,32-34,43H,4,22-23H2,1-3H3,(H,38,41)(H,39,42). The number of Topliss-reactive ketones (excluding diaryl/α,β-unsaturated/α-hetero) is 1. The fraction of sp³-hybridized carbons (Fsp3) is 0.270. The molecule has 0 saturated heterocycles. The number of hydrogen-bond acceptors (Lipinski definition) is 6. The first kappa shape index (κ1) is 31.5. The van der Waals surface area contributed by atoms with Gasteiger partial charge in [-0.15, -0.1) is 0 Å². The minimum atomic E-state index is -1.74. The van der Waals surface area contributed by atoms with Gasteiger partial charge in [-0.3, -0.25) is 14.4 Å². The Morgan fingerprint density at radius 1 is 0.822 bits per heavy atom. The van der Waals surface area contributed by atoms with Crippen LogP contribution < -0.4 is 20.1 Å². The quantitative estimate of drug-likeness (QED) is 0.183. The number of aliphatic hydroxyl groups is 1. The lowest BCUT2D eigenvalue weighted by atomic mass is 9.61. The third kappa shape index (κ3) is 7.41. The van der Waals surface area contributed by atoms with Crippen LogP contribution in [0, 0.1) is 18.8 Å². The molecule has 3 N–H and O–H groups in total. The molecule has 45 heavy (non-hydrogen) atoms. The van der Waals surface area contributed by atoms with Crippen molar-refractivity contribution in [2.45, 2.75) is 45.3 Å². The lowest BCUT2D eigenvalue weighted by Crippen LogP contribution is -2.56. The van der Waals surface area contributed by atoms with Crippen LogP contribution in [0.1, 0.15) is 42.9 Å². The molecule has 5 rings (SSSR count). The van der Waals surface area contributed by atoms with Gasteiger partial charge in [0.25, 0.3) is 0 Å². The van der Waals surface area contributed by atoms with Gasteiger partial charge in [0.15, 0.2) is 11.5 Å². The topological polar surface area (TPSA) is 114 Å². The number of nitrogens with one attached hydrogen (secondary N) is 2. The zero-order valence-electron chi connectivity index (χ0n) is 25.7. The zero-order valence-corrected chi connectivity index (χ0v) is 25.7. The van der Waals surface area contributed by atoms with E-state index in [1.807, 2.05) is 50.2 Å². The summed E-state index contributed by atoms with van der Waals surface area (Å²) in [5.74, 6) is -4.06. The second-order valence-electron chi connectivity index (χ2n) is 11.6. The smallest absolute Gasteiger partial charge is 0.235 e. The van der Waals surface area contributed by atoms with Gasteiger partial charge in [-0.1, -0.05) is 72.3 Å². The summed E-state index contributed by atoms with van der Waals surface area (Å²) in [6, 6.07) is 30.9. The normalized spacial score (nSPS) is 21.1. The zero-order chi connectivity index (χ0) is 32.0. The molecule has 4 atom stereocenters. The fourth-order valence-corrected chi connectivity index (χ4v) is 5.94. The van der Waals surface area contributed by atoms with E-state index in [4.69, 9.17) is 9.47 Å². The molecule has 0 spiro atoms. The summed E-state index contributed by atoms with van der Waals surface area (Å²) in [6.07, 6.45) is -0.362. The van der Waals surface area contributed by atoms with E-state index in [0.717, 1.165) is 11.1 Å². The van der Waals surface area contributed by atoms with Gasteiger partial charge in [0.05, 0.1) is 18.1 Å². The van der Waals surface area contributed by atoms with Crippen LogP contribution in [0.5, 0.6) is 11.5 Å². The number of ketones is 1. The summed E-state index contributed by atoms with van der Waals surface area (Å²) in [5, 5.41) is 17.4. The number of hydrogen-bond donors (Lipinski definition) is 3. The van der Waals surface area contributed by atoms with Crippen molar-refractivity contribution in [2.24, 2.45) is 11.8 Å². The highest BCUT2D eigenvalue weighted by atomic mass is 16.5. The number of rotatable bonds is 10. The lowest BCUT2D eigenvalue weighted by molar-refractivity contribution is -0.150. The maximum Gasteiger partial charge on any atom is 0.235 e. The van der Waals surface area contributed by atoms with Crippen LogP contribution >= 0.6 is 0 Å². The van der Waals surface area contributed by atoms with Crippen LogP contribution in [0.2, 0.25) is 0 Å². The number of ether oxygens (including phenoxy) is 2. The Morgan fingerprint density at radius 2 is 1.42 bits per heavy atom. The summed E-state index contributed by atoms with van der Waals surface area (Å²) in [5.41, 5.74) is 1.94. The highest BCUT2D eigenvalue weighted by molar-refractivity contribution is 6.10. The highest BCUT2D eigenvalue weighted by Crippen LogP contribution is 2.48. The number of amides is 2. The Labute approximate surface area is 263 Å². The first-order chi connectivity index (χ1) is 21.7. The molecule has 4 aromatic rings. The van der Waals surface area contributed by atoms with Gasteiger partial charge in [-0.05, 0) is 68.3 Å². The van der Waals surface area contributed by atoms with Gasteiger partial charge in [0, 0.05) is 23.7 Å². The van der Waals surface area contributed by atoms with Gasteiger partial charge < -0.3 is 25.2 Å². The van der Waals surface area contributed by atoms with Gasteiger partial charge in [-0.25, -0.2) is 0 Å². The van der Waals surface area contributed by atoms with Crippen LogP contribution in [0.3, 0.4) is 0 Å². The van der Waals surface area contributed by atoms with E-state index in [-0.39, 0.29) is 6.42 Å². The minimum Gasteiger partial charge on any atom is -0.490 e. The molecule has 0 aliphatic heterocycles. The molecule has 0 aromatic heterocycles. The van der Waals surface area contributed by atoms with Gasteiger partial charge >= 0.3 is 0 Å². The summed E-state index contributed by atoms with van der Waals surface area (Å²) in [6.45, 7) is 5.98. The Morgan fingerprint density at radius 3 is 2.02 bits per heavy atom. The van der Waals surface area contributed by atoms with Crippen molar-refractivity contribution in [3.05, 3.63) is 120 Å². The van der Waals surface area contributed by atoms with Gasteiger partial charge in [0.2, 0.25) is 11.8 Å². The number of anilines is 2. The molecule has 232 valence electrons. The second kappa shape index (κ2) is 13.8. The molecule has 1 fully saturated rings. The Bertz CT molecular complexity index is 1640. The maximum absolute atomic E-state index is 14.0. The molecular formula is C37H38N2O6. The Kier molecular flexibility index (Phi) is 9.64. The predicted molar refractivity (Wildman–Crippen MR) is 173 cm³/mol. The average Bonchev–Trinajstić information content (AvgIpc) is 3.01. The SMILES string of the molecule is CCOc1cc(C2C(C(=O)Nc3ccccc3)C(=O)CC(C)(O)C2C(=O)Nc2ccccc2)ccc1OCc1ccc(C)cc1. The lowest BCUT2D eigenvalue weighted by Gasteiger charge is -2.44. The van der Waals surface area contributed by atoms with Crippen LogP contribution in [-0.2, 0) is 21.0 Å². The molecule has 1 aliphatic carbocycles. The third-order valence-electron chi connectivity index (χ3n) is 8.08. The summed E-state index contributed by atoms with van der Waals surface area (Å²) in [4.78, 5) is 41.6. The van der Waals surface area contributed by atoms with E-state index in [1.54, 1.807) is 66.7 Å². The van der Waals surface area contributed by atoms with Gasteiger partial charge in [-0.2, -0.15) is 0 Å². The van der Waals surface area contributed by atoms with Crippen molar-refractivity contribution in [2.75, 3.05) is 17.2 Å². The number of carbonyl (C=O) groups excluding carboxylic acids is 3. The average molecular weight is 607 g/mol. The van der Waals surface area contributed by atoms with Crippen molar-refractivity contribution in [3.8, 4) is 11.5 Å². The van der Waals surface area contributed by atoms with Crippen LogP contribution in [0.4, 0.5) is 11.4 Å². The van der Waals surface area contributed by atoms with E-state index >= 15 is 0 Å². The largest absolute Gasteiger partial charge is 0.490 e. The van der Waals surface area contributed by atoms with Crippen LogP contribution in [0.15, 0.2) is 103 Å². The van der Waals surface area contributed by atoms with E-state index in [2.05, 4.69) is 10.6 Å². The molecule has 1 aliphatic rings. The van der Waals surface area contributed by atoms with Crippen molar-refractivity contribution in [3.63, 3.8) is 0 Å². The molecule has 1 saturated carbocycles. The predicted octanol–water partition coefficient (Wildman–Crippen LogP) is 6.29. The Hall–Kier alpha value is -4.95. The first-order valence-electron chi connectivity index (χ1n) is 15.1. The molecule has 4 unspecified atom stereocenters. The van der Waals surface area contributed by atoms with Gasteiger partial charge in [0.1, 0.15) is 18.3 Å². The molecule has 0 radical (unpaired) electrons. The van der Waals surface area contributed by atoms with Crippen LogP contribution in [0.25, 0.3) is 0 Å². The first-order valence-corrected chi connectivity index (χ1v) is 15.1. The third-order valence-corrected chi connectivity index (χ3v) is 8.08. The number of benzene rings is 4. The fourth-order valence-electron chi connectivity index (χ4n) is 5.94. The van der Waals surface area contributed by atoms with E-state index < -0.39 is 41.0 Å². The Balaban J connectivity index is 1.55. The molecule has 8 nitrogen and oxygen atoms in total. The number of carbonyl (C=O) groups is 3.